The molecule has 4 rings (SSSR count). The lowest BCUT2D eigenvalue weighted by molar-refractivity contribution is 0.241. The minimum Gasteiger partial charge on any atom is -0.341 e. The molecule has 3 aromatic rings. The van der Waals surface area contributed by atoms with Crippen molar-refractivity contribution in [3.63, 3.8) is 0 Å². The van der Waals surface area contributed by atoms with Crippen LogP contribution < -0.4 is 0 Å². The number of aromatic nitrogens is 3. The highest BCUT2D eigenvalue weighted by molar-refractivity contribution is 5.75. The summed E-state index contributed by atoms with van der Waals surface area (Å²) < 4.78 is 13.3. The van der Waals surface area contributed by atoms with Crippen molar-refractivity contribution in [2.24, 2.45) is 0 Å². The van der Waals surface area contributed by atoms with Gasteiger partial charge in [0.2, 0.25) is 0 Å². The van der Waals surface area contributed by atoms with Crippen molar-refractivity contribution >= 4 is 11.0 Å². The van der Waals surface area contributed by atoms with Crippen molar-refractivity contribution in [3.05, 3.63) is 59.9 Å². The van der Waals surface area contributed by atoms with Gasteiger partial charge in [0.05, 0.1) is 17.1 Å². The van der Waals surface area contributed by atoms with Crippen LogP contribution in [0.1, 0.15) is 30.3 Å². The van der Waals surface area contributed by atoms with E-state index in [9.17, 15) is 4.39 Å². The van der Waals surface area contributed by atoms with Gasteiger partial charge in [-0.2, -0.15) is 0 Å². The maximum atomic E-state index is 13.3. The molecule has 1 unspecified atom stereocenters. The van der Waals surface area contributed by atoms with Gasteiger partial charge in [-0.3, -0.25) is 9.88 Å². The molecule has 3 heterocycles. The summed E-state index contributed by atoms with van der Waals surface area (Å²) in [5.41, 5.74) is 2.80. The third-order valence-electron chi connectivity index (χ3n) is 4.25. The molecule has 1 aliphatic rings. The van der Waals surface area contributed by atoms with Crippen LogP contribution in [0.2, 0.25) is 0 Å². The molecule has 0 aliphatic carbocycles. The summed E-state index contributed by atoms with van der Waals surface area (Å²) >= 11 is 0. The van der Waals surface area contributed by atoms with E-state index in [-0.39, 0.29) is 11.9 Å². The second-order valence-corrected chi connectivity index (χ2v) is 5.77. The number of hydrogen-bond donors (Lipinski definition) is 1. The Morgan fingerprint density at radius 1 is 1.32 bits per heavy atom. The normalized spacial score (nSPS) is 19.0. The molecular weight excluding hydrogens is 279 g/mol. The molecule has 1 aliphatic heterocycles. The molecule has 2 aromatic heterocycles. The van der Waals surface area contributed by atoms with E-state index in [1.165, 1.54) is 17.7 Å². The lowest BCUT2D eigenvalue weighted by atomic mass is 10.2. The van der Waals surface area contributed by atoms with Crippen molar-refractivity contribution in [1.29, 1.82) is 0 Å². The molecule has 1 atom stereocenters. The topological polar surface area (TPSA) is 44.8 Å². The molecule has 1 saturated heterocycles. The quantitative estimate of drug-likeness (QED) is 0.805. The predicted molar refractivity (Wildman–Crippen MR) is 82.7 cm³/mol. The van der Waals surface area contributed by atoms with Crippen molar-refractivity contribution in [3.8, 4) is 0 Å². The molecule has 0 amide bonds. The van der Waals surface area contributed by atoms with Gasteiger partial charge in [0.25, 0.3) is 0 Å². The van der Waals surface area contributed by atoms with Crippen LogP contribution in [0.3, 0.4) is 0 Å². The van der Waals surface area contributed by atoms with Crippen LogP contribution in [0, 0.1) is 5.82 Å². The Morgan fingerprint density at radius 3 is 3.14 bits per heavy atom. The number of benzene rings is 1. The van der Waals surface area contributed by atoms with Gasteiger partial charge >= 0.3 is 0 Å². The summed E-state index contributed by atoms with van der Waals surface area (Å²) in [6, 6.07) is 9.00. The fourth-order valence-corrected chi connectivity index (χ4v) is 3.21. The molecule has 22 heavy (non-hydrogen) atoms. The average Bonchev–Trinajstić information content (AvgIpc) is 3.14. The number of nitrogens with zero attached hydrogens (tertiary/aromatic N) is 3. The van der Waals surface area contributed by atoms with Crippen LogP contribution in [-0.2, 0) is 6.54 Å². The highest BCUT2D eigenvalue weighted by atomic mass is 19.1. The minimum absolute atomic E-state index is 0.235. The van der Waals surface area contributed by atoms with Gasteiger partial charge < -0.3 is 4.98 Å². The Balaban J connectivity index is 1.61. The zero-order valence-electron chi connectivity index (χ0n) is 12.2. The van der Waals surface area contributed by atoms with E-state index in [4.69, 9.17) is 0 Å². The standard InChI is InChI=1S/C17H17FN4/c18-13-5-6-14-15(9-13)21-17(20-14)16-4-2-8-22(16)11-12-3-1-7-19-10-12/h1,3,5-7,9-10,16H,2,4,8,11H2,(H,20,21). The smallest absolute Gasteiger partial charge is 0.125 e. The average molecular weight is 296 g/mol. The summed E-state index contributed by atoms with van der Waals surface area (Å²) in [6.07, 6.45) is 5.92. The molecular formula is C17H17FN4. The van der Waals surface area contributed by atoms with Crippen molar-refractivity contribution in [2.75, 3.05) is 6.54 Å². The number of fused-ring (bicyclic) bond motifs is 1. The maximum Gasteiger partial charge on any atom is 0.125 e. The Kier molecular flexibility index (Phi) is 3.35. The van der Waals surface area contributed by atoms with Crippen molar-refractivity contribution in [2.45, 2.75) is 25.4 Å². The van der Waals surface area contributed by atoms with E-state index in [1.54, 1.807) is 12.3 Å². The van der Waals surface area contributed by atoms with Crippen LogP contribution in [-0.4, -0.2) is 26.4 Å². The lowest BCUT2D eigenvalue weighted by Crippen LogP contribution is -2.23. The number of rotatable bonds is 3. The first-order valence-corrected chi connectivity index (χ1v) is 7.58. The number of imidazole rings is 1. The first-order valence-electron chi connectivity index (χ1n) is 7.58. The summed E-state index contributed by atoms with van der Waals surface area (Å²) in [7, 11) is 0. The maximum absolute atomic E-state index is 13.3. The van der Waals surface area contributed by atoms with Gasteiger partial charge in [-0.25, -0.2) is 9.37 Å². The summed E-state index contributed by atoms with van der Waals surface area (Å²) in [4.78, 5) is 14.5. The second-order valence-electron chi connectivity index (χ2n) is 5.77. The summed E-state index contributed by atoms with van der Waals surface area (Å²) in [6.45, 7) is 1.91. The number of halogens is 1. The zero-order chi connectivity index (χ0) is 14.9. The number of H-pyrrole nitrogens is 1. The minimum atomic E-state index is -0.235. The molecule has 4 nitrogen and oxygen atoms in total. The number of nitrogens with one attached hydrogen (secondary N) is 1. The molecule has 0 spiro atoms. The third kappa shape index (κ3) is 2.48. The Morgan fingerprint density at radius 2 is 2.27 bits per heavy atom. The first-order chi connectivity index (χ1) is 10.8. The zero-order valence-corrected chi connectivity index (χ0v) is 12.2. The monoisotopic (exact) mass is 296 g/mol. The van der Waals surface area contributed by atoms with Gasteiger partial charge in [0.1, 0.15) is 11.6 Å². The van der Waals surface area contributed by atoms with Crippen LogP contribution >= 0.6 is 0 Å². The van der Waals surface area contributed by atoms with Crippen LogP contribution in [0.15, 0.2) is 42.7 Å². The van der Waals surface area contributed by atoms with Gasteiger partial charge in [-0.15, -0.1) is 0 Å². The van der Waals surface area contributed by atoms with Crippen LogP contribution in [0.5, 0.6) is 0 Å². The van der Waals surface area contributed by atoms with E-state index >= 15 is 0 Å². The molecule has 112 valence electrons. The fourth-order valence-electron chi connectivity index (χ4n) is 3.21. The number of likely N-dealkylation sites (tertiary alicyclic amines) is 1. The van der Waals surface area contributed by atoms with Gasteiger partial charge in [0, 0.05) is 18.9 Å². The first kappa shape index (κ1) is 13.4. The number of pyridine rings is 1. The molecule has 0 bridgehead atoms. The molecule has 1 fully saturated rings. The van der Waals surface area contributed by atoms with Crippen LogP contribution in [0.4, 0.5) is 4.39 Å². The summed E-state index contributed by atoms with van der Waals surface area (Å²) in [5, 5.41) is 0. The molecule has 1 N–H and O–H groups in total. The highest BCUT2D eigenvalue weighted by Gasteiger charge is 2.28. The van der Waals surface area contributed by atoms with E-state index in [1.807, 2.05) is 12.3 Å². The van der Waals surface area contributed by atoms with Crippen molar-refractivity contribution in [1.82, 2.24) is 19.9 Å². The number of aromatic amines is 1. The van der Waals surface area contributed by atoms with Crippen molar-refractivity contribution < 1.29 is 4.39 Å². The van der Waals surface area contributed by atoms with E-state index in [0.29, 0.717) is 0 Å². The predicted octanol–water partition coefficient (Wildman–Crippen LogP) is 3.43. The van der Waals surface area contributed by atoms with Gasteiger partial charge in [-0.1, -0.05) is 6.07 Å². The fraction of sp³-hybridized carbons (Fsp3) is 0.294. The van der Waals surface area contributed by atoms with Crippen LogP contribution in [0.25, 0.3) is 11.0 Å². The lowest BCUT2D eigenvalue weighted by Gasteiger charge is -2.22. The highest BCUT2D eigenvalue weighted by Crippen LogP contribution is 2.32. The second kappa shape index (κ2) is 5.50. The van der Waals surface area contributed by atoms with Gasteiger partial charge in [0.15, 0.2) is 0 Å². The molecule has 1 aromatic carbocycles. The number of hydrogen-bond acceptors (Lipinski definition) is 3. The van der Waals surface area contributed by atoms with E-state index in [0.717, 1.165) is 42.8 Å². The van der Waals surface area contributed by atoms with E-state index in [2.05, 4.69) is 25.9 Å². The van der Waals surface area contributed by atoms with Gasteiger partial charge in [-0.05, 0) is 49.2 Å². The Hall–Kier alpha value is -2.27. The Labute approximate surface area is 128 Å². The SMILES string of the molecule is Fc1ccc2nc(C3CCCN3Cc3cccnc3)[nH]c2c1. The third-order valence-corrected chi connectivity index (χ3v) is 4.25. The molecule has 0 radical (unpaired) electrons. The largest absolute Gasteiger partial charge is 0.341 e. The Bertz CT molecular complexity index is 784. The van der Waals surface area contributed by atoms with E-state index < -0.39 is 0 Å². The molecule has 0 saturated carbocycles. The summed E-state index contributed by atoms with van der Waals surface area (Å²) in [5.74, 6) is 0.698. The molecule has 5 heteroatoms.